The van der Waals surface area contributed by atoms with Gasteiger partial charge in [-0.3, -0.25) is 9.69 Å². The van der Waals surface area contributed by atoms with E-state index in [0.29, 0.717) is 0 Å². The van der Waals surface area contributed by atoms with Gasteiger partial charge in [0.1, 0.15) is 5.92 Å². The lowest BCUT2D eigenvalue weighted by Crippen LogP contribution is -2.49. The summed E-state index contributed by atoms with van der Waals surface area (Å²) < 4.78 is 0. The maximum absolute atomic E-state index is 12.5. The Morgan fingerprint density at radius 1 is 1.25 bits per heavy atom. The second kappa shape index (κ2) is 7.06. The van der Waals surface area contributed by atoms with Crippen molar-refractivity contribution in [1.29, 1.82) is 5.26 Å². The zero-order valence-electron chi connectivity index (χ0n) is 12.0. The number of nitrogens with zero attached hydrogens (tertiary/aromatic N) is 3. The predicted octanol–water partition coefficient (Wildman–Crippen LogP) is 1.85. The number of amides is 1. The molecule has 1 fully saturated rings. The lowest BCUT2D eigenvalue weighted by molar-refractivity contribution is -0.133. The van der Waals surface area contributed by atoms with Crippen molar-refractivity contribution in [2.45, 2.75) is 19.3 Å². The number of hydrogen-bond donors (Lipinski definition) is 0. The fourth-order valence-corrected chi connectivity index (χ4v) is 2.61. The first-order chi connectivity index (χ1) is 9.76. The van der Waals surface area contributed by atoms with Crippen LogP contribution >= 0.6 is 0 Å². The molecule has 1 aliphatic rings. The molecule has 2 rings (SSSR count). The highest BCUT2D eigenvalue weighted by atomic mass is 16.2. The van der Waals surface area contributed by atoms with Crippen LogP contribution in [0.5, 0.6) is 0 Å². The topological polar surface area (TPSA) is 47.3 Å². The number of piperazine rings is 1. The molecule has 106 valence electrons. The summed E-state index contributed by atoms with van der Waals surface area (Å²) in [7, 11) is 0. The molecule has 1 heterocycles. The predicted molar refractivity (Wildman–Crippen MR) is 78.1 cm³/mol. The molecule has 1 saturated heterocycles. The quantitative estimate of drug-likeness (QED) is 0.839. The van der Waals surface area contributed by atoms with Crippen LogP contribution in [0.1, 0.15) is 24.8 Å². The Balaban J connectivity index is 1.99. The average Bonchev–Trinajstić information content (AvgIpc) is 2.50. The summed E-state index contributed by atoms with van der Waals surface area (Å²) in [5.41, 5.74) is 0.788. The molecule has 0 aliphatic carbocycles. The maximum Gasteiger partial charge on any atom is 0.244 e. The van der Waals surface area contributed by atoms with Crippen molar-refractivity contribution >= 4 is 5.91 Å². The maximum atomic E-state index is 12.5. The van der Waals surface area contributed by atoms with E-state index in [0.717, 1.165) is 44.7 Å². The molecule has 1 amide bonds. The first-order valence-corrected chi connectivity index (χ1v) is 7.22. The van der Waals surface area contributed by atoms with E-state index in [1.54, 1.807) is 0 Å². The van der Waals surface area contributed by atoms with Crippen LogP contribution in [-0.4, -0.2) is 48.4 Å². The zero-order valence-corrected chi connectivity index (χ0v) is 12.0. The van der Waals surface area contributed by atoms with Crippen LogP contribution in [-0.2, 0) is 4.79 Å². The highest BCUT2D eigenvalue weighted by molar-refractivity contribution is 5.86. The number of carbonyl (C=O) groups is 1. The smallest absolute Gasteiger partial charge is 0.244 e. The standard InChI is InChI=1S/C16H21N3O/c1-2-8-18-9-11-19(12-10-18)16(20)15(13-17)14-6-4-3-5-7-14/h3-7,15H,2,8-12H2,1H3. The normalized spacial score (nSPS) is 17.5. The van der Waals surface area contributed by atoms with Gasteiger partial charge in [-0.25, -0.2) is 0 Å². The third-order valence-electron chi connectivity index (χ3n) is 3.73. The summed E-state index contributed by atoms with van der Waals surface area (Å²) in [6.45, 7) is 6.52. The summed E-state index contributed by atoms with van der Waals surface area (Å²) in [6, 6.07) is 11.5. The summed E-state index contributed by atoms with van der Waals surface area (Å²) >= 11 is 0. The van der Waals surface area contributed by atoms with Gasteiger partial charge in [0.05, 0.1) is 6.07 Å². The van der Waals surface area contributed by atoms with Crippen molar-refractivity contribution in [2.75, 3.05) is 32.7 Å². The van der Waals surface area contributed by atoms with Crippen LogP contribution < -0.4 is 0 Å². The SMILES string of the molecule is CCCN1CCN(C(=O)C(C#N)c2ccccc2)CC1. The van der Waals surface area contributed by atoms with Gasteiger partial charge in [-0.1, -0.05) is 37.3 Å². The van der Waals surface area contributed by atoms with Crippen molar-refractivity contribution < 1.29 is 4.79 Å². The number of rotatable bonds is 4. The summed E-state index contributed by atoms with van der Waals surface area (Å²) in [5.74, 6) is -0.733. The van der Waals surface area contributed by atoms with E-state index in [1.165, 1.54) is 0 Å². The lowest BCUT2D eigenvalue weighted by atomic mass is 9.99. The van der Waals surface area contributed by atoms with E-state index in [4.69, 9.17) is 0 Å². The molecule has 20 heavy (non-hydrogen) atoms. The Hall–Kier alpha value is -1.86. The third-order valence-corrected chi connectivity index (χ3v) is 3.73. The first kappa shape index (κ1) is 14.5. The van der Waals surface area contributed by atoms with Gasteiger partial charge < -0.3 is 4.90 Å². The molecule has 1 unspecified atom stereocenters. The van der Waals surface area contributed by atoms with Crippen molar-refractivity contribution in [3.8, 4) is 6.07 Å². The van der Waals surface area contributed by atoms with Crippen LogP contribution in [0, 0.1) is 11.3 Å². The molecule has 0 aromatic heterocycles. The Bertz CT molecular complexity index is 472. The summed E-state index contributed by atoms with van der Waals surface area (Å²) in [4.78, 5) is 16.7. The lowest BCUT2D eigenvalue weighted by Gasteiger charge is -2.35. The van der Waals surface area contributed by atoms with Gasteiger partial charge in [-0.15, -0.1) is 0 Å². The van der Waals surface area contributed by atoms with Gasteiger partial charge in [0, 0.05) is 26.2 Å². The van der Waals surface area contributed by atoms with E-state index in [-0.39, 0.29) is 5.91 Å². The summed E-state index contributed by atoms with van der Waals surface area (Å²) in [5, 5.41) is 9.31. The monoisotopic (exact) mass is 271 g/mol. The number of benzene rings is 1. The molecule has 0 N–H and O–H groups in total. The van der Waals surface area contributed by atoms with Crippen LogP contribution in [0.3, 0.4) is 0 Å². The van der Waals surface area contributed by atoms with Gasteiger partial charge in [-0.05, 0) is 18.5 Å². The minimum Gasteiger partial charge on any atom is -0.339 e. The molecule has 4 heteroatoms. The van der Waals surface area contributed by atoms with Crippen molar-refractivity contribution in [2.24, 2.45) is 0 Å². The van der Waals surface area contributed by atoms with E-state index < -0.39 is 5.92 Å². The van der Waals surface area contributed by atoms with Gasteiger partial charge in [0.2, 0.25) is 5.91 Å². The highest BCUT2D eigenvalue weighted by Gasteiger charge is 2.28. The first-order valence-electron chi connectivity index (χ1n) is 7.22. The molecule has 1 atom stereocenters. The van der Waals surface area contributed by atoms with Gasteiger partial charge >= 0.3 is 0 Å². The Kier molecular flexibility index (Phi) is 5.14. The minimum atomic E-state index is -0.672. The molecule has 0 bridgehead atoms. The van der Waals surface area contributed by atoms with Crippen molar-refractivity contribution in [3.63, 3.8) is 0 Å². The molecule has 0 radical (unpaired) electrons. The molecule has 1 aromatic rings. The van der Waals surface area contributed by atoms with Crippen LogP contribution in [0.4, 0.5) is 0 Å². The Morgan fingerprint density at radius 2 is 1.90 bits per heavy atom. The fraction of sp³-hybridized carbons (Fsp3) is 0.500. The second-order valence-corrected chi connectivity index (χ2v) is 5.14. The molecule has 1 aliphatic heterocycles. The summed E-state index contributed by atoms with van der Waals surface area (Å²) in [6.07, 6.45) is 1.14. The van der Waals surface area contributed by atoms with Crippen LogP contribution in [0.15, 0.2) is 30.3 Å². The zero-order chi connectivity index (χ0) is 14.4. The average molecular weight is 271 g/mol. The van der Waals surface area contributed by atoms with E-state index in [9.17, 15) is 10.1 Å². The number of carbonyl (C=O) groups excluding carboxylic acids is 1. The van der Waals surface area contributed by atoms with E-state index in [2.05, 4.69) is 17.9 Å². The molecular formula is C16H21N3O. The van der Waals surface area contributed by atoms with Crippen molar-refractivity contribution in [1.82, 2.24) is 9.80 Å². The van der Waals surface area contributed by atoms with Gasteiger partial charge in [0.25, 0.3) is 0 Å². The second-order valence-electron chi connectivity index (χ2n) is 5.14. The van der Waals surface area contributed by atoms with Crippen LogP contribution in [0.25, 0.3) is 0 Å². The molecule has 0 saturated carbocycles. The molecule has 4 nitrogen and oxygen atoms in total. The van der Waals surface area contributed by atoms with Crippen molar-refractivity contribution in [3.05, 3.63) is 35.9 Å². The molecular weight excluding hydrogens is 250 g/mol. The molecule has 0 spiro atoms. The Labute approximate surface area is 120 Å². The largest absolute Gasteiger partial charge is 0.339 e. The van der Waals surface area contributed by atoms with E-state index >= 15 is 0 Å². The van der Waals surface area contributed by atoms with Gasteiger partial charge in [0.15, 0.2) is 0 Å². The Morgan fingerprint density at radius 3 is 2.45 bits per heavy atom. The fourth-order valence-electron chi connectivity index (χ4n) is 2.61. The minimum absolute atomic E-state index is 0.0603. The number of nitriles is 1. The van der Waals surface area contributed by atoms with Crippen LogP contribution in [0.2, 0.25) is 0 Å². The molecule has 1 aromatic carbocycles. The number of hydrogen-bond acceptors (Lipinski definition) is 3. The van der Waals surface area contributed by atoms with E-state index in [1.807, 2.05) is 35.2 Å². The third kappa shape index (κ3) is 3.37. The van der Waals surface area contributed by atoms with Gasteiger partial charge in [-0.2, -0.15) is 5.26 Å². The highest BCUT2D eigenvalue weighted by Crippen LogP contribution is 2.18.